The standard InChI is InChI=1S/C51H28N4O2/c1-2-13-31-30(12-1)35-17-9-18-36-32-14-3-6-23-42(32)55(46(35)36)43-27-26-29(28-41(31)43)49-52-50(39-21-10-19-37-33-15-4-7-24-44(33)56-47(37)39)54-51(53-49)40-22-11-20-38-34-16-5-8-25-45(34)57-48(38)40/h1-28H. The fraction of sp³-hybridized carbons (Fsp3) is 0. The Morgan fingerprint density at radius 3 is 1.51 bits per heavy atom. The molecule has 0 saturated heterocycles. The molecule has 0 fully saturated rings. The van der Waals surface area contributed by atoms with Crippen LogP contribution in [-0.2, 0) is 0 Å². The van der Waals surface area contributed by atoms with E-state index in [1.165, 1.54) is 32.9 Å². The molecular formula is C51H28N4O2. The van der Waals surface area contributed by atoms with E-state index in [-0.39, 0.29) is 0 Å². The van der Waals surface area contributed by atoms with E-state index in [1.807, 2.05) is 60.7 Å². The molecule has 6 heteroatoms. The van der Waals surface area contributed by atoms with E-state index in [0.29, 0.717) is 17.5 Å². The first-order chi connectivity index (χ1) is 28.3. The first-order valence-corrected chi connectivity index (χ1v) is 19.1. The minimum absolute atomic E-state index is 0.522. The summed E-state index contributed by atoms with van der Waals surface area (Å²) >= 11 is 0. The molecule has 264 valence electrons. The van der Waals surface area contributed by atoms with Crippen molar-refractivity contribution in [2.45, 2.75) is 0 Å². The van der Waals surface area contributed by atoms with Crippen LogP contribution in [0.2, 0.25) is 0 Å². The molecule has 0 saturated carbocycles. The van der Waals surface area contributed by atoms with Crippen LogP contribution >= 0.6 is 0 Å². The van der Waals surface area contributed by atoms with Gasteiger partial charge in [0.05, 0.1) is 27.8 Å². The lowest BCUT2D eigenvalue weighted by molar-refractivity contribution is 0.669. The van der Waals surface area contributed by atoms with Crippen LogP contribution in [0.5, 0.6) is 0 Å². The number of benzene rings is 8. The predicted molar refractivity (Wildman–Crippen MR) is 229 cm³/mol. The van der Waals surface area contributed by atoms with Crippen LogP contribution in [0.3, 0.4) is 0 Å². The van der Waals surface area contributed by atoms with Gasteiger partial charge in [-0.25, -0.2) is 15.0 Å². The van der Waals surface area contributed by atoms with Crippen LogP contribution < -0.4 is 0 Å². The van der Waals surface area contributed by atoms with E-state index in [0.717, 1.165) is 77.4 Å². The number of hydrogen-bond acceptors (Lipinski definition) is 5. The molecule has 0 radical (unpaired) electrons. The summed E-state index contributed by atoms with van der Waals surface area (Å²) in [6, 6.07) is 59.2. The molecule has 12 aromatic rings. The van der Waals surface area contributed by atoms with Gasteiger partial charge in [-0.05, 0) is 59.7 Å². The molecule has 4 aromatic heterocycles. The van der Waals surface area contributed by atoms with E-state index in [2.05, 4.69) is 114 Å². The quantitative estimate of drug-likeness (QED) is 0.181. The van der Waals surface area contributed by atoms with Crippen molar-refractivity contribution in [1.29, 1.82) is 0 Å². The summed E-state index contributed by atoms with van der Waals surface area (Å²) in [5.74, 6) is 1.60. The highest BCUT2D eigenvalue weighted by Gasteiger charge is 2.26. The minimum atomic E-state index is 0.522. The second-order valence-corrected chi connectivity index (χ2v) is 14.7. The van der Waals surface area contributed by atoms with E-state index in [4.69, 9.17) is 23.8 Å². The Balaban J connectivity index is 1.10. The molecule has 0 bridgehead atoms. The average Bonchev–Trinajstić information content (AvgIpc) is 3.93. The van der Waals surface area contributed by atoms with Gasteiger partial charge in [-0.3, -0.25) is 0 Å². The normalized spacial score (nSPS) is 12.2. The molecule has 0 spiro atoms. The summed E-state index contributed by atoms with van der Waals surface area (Å²) in [5, 5.41) is 6.59. The van der Waals surface area contributed by atoms with Crippen molar-refractivity contribution in [2.24, 2.45) is 0 Å². The van der Waals surface area contributed by atoms with Gasteiger partial charge in [0.15, 0.2) is 17.5 Å². The second-order valence-electron chi connectivity index (χ2n) is 14.7. The molecule has 1 aliphatic heterocycles. The highest BCUT2D eigenvalue weighted by Crippen LogP contribution is 2.47. The number of fused-ring (bicyclic) bond motifs is 14. The summed E-state index contributed by atoms with van der Waals surface area (Å²) in [5.41, 5.74) is 13.7. The van der Waals surface area contributed by atoms with Gasteiger partial charge in [0.1, 0.15) is 22.3 Å². The molecule has 8 aromatic carbocycles. The molecule has 6 nitrogen and oxygen atoms in total. The average molecular weight is 729 g/mol. The Labute approximate surface area is 324 Å². The molecule has 1 aliphatic rings. The topological polar surface area (TPSA) is 69.9 Å². The van der Waals surface area contributed by atoms with Crippen molar-refractivity contribution >= 4 is 65.7 Å². The maximum Gasteiger partial charge on any atom is 0.167 e. The van der Waals surface area contributed by atoms with Crippen LogP contribution in [0.4, 0.5) is 0 Å². The van der Waals surface area contributed by atoms with Crippen molar-refractivity contribution in [2.75, 3.05) is 0 Å². The Morgan fingerprint density at radius 2 is 0.842 bits per heavy atom. The van der Waals surface area contributed by atoms with Gasteiger partial charge in [-0.15, -0.1) is 0 Å². The van der Waals surface area contributed by atoms with Crippen molar-refractivity contribution in [3.63, 3.8) is 0 Å². The summed E-state index contributed by atoms with van der Waals surface area (Å²) < 4.78 is 15.5. The van der Waals surface area contributed by atoms with Crippen molar-refractivity contribution < 1.29 is 8.83 Å². The highest BCUT2D eigenvalue weighted by atomic mass is 16.3. The Morgan fingerprint density at radius 1 is 0.351 bits per heavy atom. The Hall–Kier alpha value is -7.83. The van der Waals surface area contributed by atoms with Crippen LogP contribution in [0.1, 0.15) is 0 Å². The first kappa shape index (κ1) is 30.5. The fourth-order valence-electron chi connectivity index (χ4n) is 9.12. The van der Waals surface area contributed by atoms with Gasteiger partial charge in [0.2, 0.25) is 0 Å². The summed E-state index contributed by atoms with van der Waals surface area (Å²) in [7, 11) is 0. The van der Waals surface area contributed by atoms with Gasteiger partial charge in [-0.2, -0.15) is 0 Å². The van der Waals surface area contributed by atoms with Crippen LogP contribution in [0, 0.1) is 0 Å². The number of para-hydroxylation sites is 6. The largest absolute Gasteiger partial charge is 0.455 e. The summed E-state index contributed by atoms with van der Waals surface area (Å²) in [6.07, 6.45) is 0. The maximum absolute atomic E-state index is 6.53. The molecular weight excluding hydrogens is 701 g/mol. The lowest BCUT2D eigenvalue weighted by atomic mass is 9.93. The van der Waals surface area contributed by atoms with Crippen LogP contribution in [0.15, 0.2) is 179 Å². The van der Waals surface area contributed by atoms with Crippen LogP contribution in [0.25, 0.3) is 128 Å². The minimum Gasteiger partial charge on any atom is -0.455 e. The zero-order valence-electron chi connectivity index (χ0n) is 30.3. The fourth-order valence-corrected chi connectivity index (χ4v) is 9.12. The number of aromatic nitrogens is 4. The van der Waals surface area contributed by atoms with E-state index >= 15 is 0 Å². The van der Waals surface area contributed by atoms with Crippen molar-refractivity contribution in [3.05, 3.63) is 170 Å². The lowest BCUT2D eigenvalue weighted by Crippen LogP contribution is -2.02. The molecule has 0 atom stereocenters. The Kier molecular flexibility index (Phi) is 6.07. The van der Waals surface area contributed by atoms with Crippen LogP contribution in [-0.4, -0.2) is 19.5 Å². The molecule has 5 heterocycles. The predicted octanol–water partition coefficient (Wildman–Crippen LogP) is 13.4. The van der Waals surface area contributed by atoms with Gasteiger partial charge in [-0.1, -0.05) is 121 Å². The molecule has 57 heavy (non-hydrogen) atoms. The lowest BCUT2D eigenvalue weighted by Gasteiger charge is -2.15. The SMILES string of the molecule is c1ccc2c(c1)-c1cc(-c3nc(-c4cccc5c4oc4ccccc45)nc(-c4cccc5c4oc4ccccc45)n3)ccc1-n1c3ccccc3c3cccc-2c31. The third-order valence-electron chi connectivity index (χ3n) is 11.6. The number of nitrogens with zero attached hydrogens (tertiary/aromatic N) is 4. The zero-order chi connectivity index (χ0) is 37.2. The molecule has 0 unspecified atom stereocenters. The first-order valence-electron chi connectivity index (χ1n) is 19.1. The molecule has 13 rings (SSSR count). The maximum atomic E-state index is 6.53. The van der Waals surface area contributed by atoms with Crippen molar-refractivity contribution in [1.82, 2.24) is 19.5 Å². The Bertz CT molecular complexity index is 3530. The van der Waals surface area contributed by atoms with E-state index in [1.54, 1.807) is 0 Å². The van der Waals surface area contributed by atoms with E-state index in [9.17, 15) is 0 Å². The molecule has 0 N–H and O–H groups in total. The second kappa shape index (κ2) is 11.4. The van der Waals surface area contributed by atoms with Gasteiger partial charge >= 0.3 is 0 Å². The number of furan rings is 2. The highest BCUT2D eigenvalue weighted by molar-refractivity contribution is 6.16. The van der Waals surface area contributed by atoms with Crippen molar-refractivity contribution in [3.8, 4) is 62.1 Å². The molecule has 0 aliphatic carbocycles. The third kappa shape index (κ3) is 4.26. The smallest absolute Gasteiger partial charge is 0.167 e. The summed E-state index contributed by atoms with van der Waals surface area (Å²) in [4.78, 5) is 15.8. The van der Waals surface area contributed by atoms with Gasteiger partial charge < -0.3 is 13.4 Å². The monoisotopic (exact) mass is 728 g/mol. The zero-order valence-corrected chi connectivity index (χ0v) is 30.3. The number of rotatable bonds is 3. The van der Waals surface area contributed by atoms with Gasteiger partial charge in [0, 0.05) is 49.0 Å². The molecule has 0 amide bonds. The summed E-state index contributed by atoms with van der Waals surface area (Å²) in [6.45, 7) is 0. The third-order valence-corrected chi connectivity index (χ3v) is 11.6. The number of hydrogen-bond donors (Lipinski definition) is 0. The van der Waals surface area contributed by atoms with E-state index < -0.39 is 0 Å². The van der Waals surface area contributed by atoms with Gasteiger partial charge in [0.25, 0.3) is 0 Å².